The molecular weight excluding hydrogens is 485 g/mol. The summed E-state index contributed by atoms with van der Waals surface area (Å²) in [7, 11) is 0. The lowest BCUT2D eigenvalue weighted by atomic mass is 10.1. The third-order valence-corrected chi connectivity index (χ3v) is 4.81. The van der Waals surface area contributed by atoms with Crippen molar-refractivity contribution in [2.24, 2.45) is 0 Å². The second kappa shape index (κ2) is 9.06. The third kappa shape index (κ3) is 4.84. The Kier molecular flexibility index (Phi) is 6.48. The summed E-state index contributed by atoms with van der Waals surface area (Å²) in [6.45, 7) is -0.157. The zero-order valence-electron chi connectivity index (χ0n) is 14.9. The van der Waals surface area contributed by atoms with Crippen LogP contribution in [0.3, 0.4) is 0 Å². The zero-order valence-corrected chi connectivity index (χ0v) is 17.3. The number of nitrogens with one attached hydrogen (secondary N) is 2. The normalized spacial score (nSPS) is 11.0. The molecule has 0 atom stereocenters. The lowest BCUT2D eigenvalue weighted by molar-refractivity contribution is -0.386. The first-order chi connectivity index (χ1) is 14.3. The summed E-state index contributed by atoms with van der Waals surface area (Å²) in [5, 5.41) is 11.4. The minimum Gasteiger partial charge on any atom is -0.488 e. The summed E-state index contributed by atoms with van der Waals surface area (Å²) in [6.07, 6.45) is 2.63. The van der Waals surface area contributed by atoms with Crippen molar-refractivity contribution < 1.29 is 14.1 Å². The van der Waals surface area contributed by atoms with Crippen molar-refractivity contribution in [3.8, 4) is 5.75 Å². The van der Waals surface area contributed by atoms with Gasteiger partial charge in [0.1, 0.15) is 23.9 Å². The van der Waals surface area contributed by atoms with E-state index in [4.69, 9.17) is 16.3 Å². The van der Waals surface area contributed by atoms with E-state index in [9.17, 15) is 24.1 Å². The van der Waals surface area contributed by atoms with E-state index in [1.165, 1.54) is 30.4 Å². The van der Waals surface area contributed by atoms with Crippen LogP contribution in [-0.2, 0) is 6.61 Å². The van der Waals surface area contributed by atoms with E-state index in [-0.39, 0.29) is 22.9 Å². The lowest BCUT2D eigenvalue weighted by Gasteiger charge is -2.11. The minimum absolute atomic E-state index is 0.157. The first-order valence-electron chi connectivity index (χ1n) is 8.30. The van der Waals surface area contributed by atoms with E-state index in [2.05, 4.69) is 20.9 Å². The maximum Gasteiger partial charge on any atom is 0.357 e. The van der Waals surface area contributed by atoms with Gasteiger partial charge >= 0.3 is 16.9 Å². The molecule has 0 aliphatic rings. The molecule has 154 valence electrons. The average molecular weight is 497 g/mol. The molecule has 1 heterocycles. The Hall–Kier alpha value is -3.24. The van der Waals surface area contributed by atoms with Crippen molar-refractivity contribution in [2.45, 2.75) is 6.61 Å². The fourth-order valence-electron chi connectivity index (χ4n) is 2.57. The van der Waals surface area contributed by atoms with Gasteiger partial charge < -0.3 is 9.72 Å². The Morgan fingerprint density at radius 2 is 1.97 bits per heavy atom. The topological polar surface area (TPSA) is 118 Å². The molecule has 0 aliphatic carbocycles. The van der Waals surface area contributed by atoms with E-state index in [1.807, 2.05) is 0 Å². The number of hydrogen-bond donors (Lipinski definition) is 2. The van der Waals surface area contributed by atoms with Gasteiger partial charge in [-0.25, -0.2) is 9.18 Å². The fraction of sp³-hybridized carbons (Fsp3) is 0.0526. The van der Waals surface area contributed by atoms with Crippen molar-refractivity contribution in [1.29, 1.82) is 0 Å². The Bertz CT molecular complexity index is 1250. The number of nitrogens with zero attached hydrogens (tertiary/aromatic N) is 1. The number of benzene rings is 2. The number of nitro groups is 1. The van der Waals surface area contributed by atoms with Gasteiger partial charge in [-0.2, -0.15) is 0 Å². The van der Waals surface area contributed by atoms with Gasteiger partial charge in [-0.1, -0.05) is 33.6 Å². The summed E-state index contributed by atoms with van der Waals surface area (Å²) in [6, 6.07) is 9.21. The van der Waals surface area contributed by atoms with E-state index in [1.54, 1.807) is 23.2 Å². The summed E-state index contributed by atoms with van der Waals surface area (Å²) in [5.41, 5.74) is -2.47. The smallest absolute Gasteiger partial charge is 0.357 e. The molecule has 0 spiro atoms. The molecule has 0 bridgehead atoms. The van der Waals surface area contributed by atoms with Crippen molar-refractivity contribution in [2.75, 3.05) is 0 Å². The monoisotopic (exact) mass is 495 g/mol. The number of hydrogen-bond acceptors (Lipinski definition) is 5. The third-order valence-electron chi connectivity index (χ3n) is 3.96. The summed E-state index contributed by atoms with van der Waals surface area (Å²) < 4.78 is 20.3. The molecule has 0 unspecified atom stereocenters. The van der Waals surface area contributed by atoms with Crippen molar-refractivity contribution in [1.82, 2.24) is 9.97 Å². The van der Waals surface area contributed by atoms with Gasteiger partial charge in [-0.3, -0.25) is 19.9 Å². The van der Waals surface area contributed by atoms with E-state index in [0.717, 1.165) is 0 Å². The van der Waals surface area contributed by atoms with Gasteiger partial charge in [-0.05, 0) is 42.5 Å². The van der Waals surface area contributed by atoms with Crippen molar-refractivity contribution >= 4 is 45.4 Å². The number of aromatic nitrogens is 2. The highest BCUT2D eigenvalue weighted by atomic mass is 79.9. The summed E-state index contributed by atoms with van der Waals surface area (Å²) in [5.74, 6) is -0.197. The summed E-state index contributed by atoms with van der Waals surface area (Å²) >= 11 is 9.32. The van der Waals surface area contributed by atoms with Gasteiger partial charge in [0.05, 0.1) is 9.95 Å². The molecule has 3 rings (SSSR count). The number of halogens is 3. The maximum absolute atomic E-state index is 14.0. The van der Waals surface area contributed by atoms with Crippen LogP contribution in [0.5, 0.6) is 5.75 Å². The molecule has 0 saturated carbocycles. The first-order valence-corrected chi connectivity index (χ1v) is 9.47. The Labute approximate surface area is 181 Å². The van der Waals surface area contributed by atoms with Gasteiger partial charge in [0.25, 0.3) is 0 Å². The second-order valence-electron chi connectivity index (χ2n) is 5.93. The number of rotatable bonds is 6. The Morgan fingerprint density at radius 1 is 1.20 bits per heavy atom. The lowest BCUT2D eigenvalue weighted by Crippen LogP contribution is -2.25. The minimum atomic E-state index is -1.12. The van der Waals surface area contributed by atoms with Gasteiger partial charge in [0.2, 0.25) is 0 Å². The molecule has 30 heavy (non-hydrogen) atoms. The molecule has 11 heteroatoms. The van der Waals surface area contributed by atoms with Crippen LogP contribution in [0.1, 0.15) is 16.8 Å². The molecule has 2 aromatic carbocycles. The SMILES string of the molecule is O=c1[nH]c(/C=C\c2cc(Br)ccc2OCc2c(F)cccc2Cl)c([N+](=O)[O-])c(=O)[nH]1. The van der Waals surface area contributed by atoms with Crippen LogP contribution in [-0.4, -0.2) is 14.9 Å². The highest BCUT2D eigenvalue weighted by Gasteiger charge is 2.19. The van der Waals surface area contributed by atoms with Crippen molar-refractivity contribution in [3.05, 3.63) is 99.5 Å². The summed E-state index contributed by atoms with van der Waals surface area (Å²) in [4.78, 5) is 37.5. The van der Waals surface area contributed by atoms with E-state index < -0.39 is 27.7 Å². The van der Waals surface area contributed by atoms with Crippen LogP contribution in [0.25, 0.3) is 12.2 Å². The maximum atomic E-state index is 14.0. The van der Waals surface area contributed by atoms with E-state index in [0.29, 0.717) is 15.8 Å². The van der Waals surface area contributed by atoms with Gasteiger partial charge in [0.15, 0.2) is 0 Å². The molecule has 8 nitrogen and oxygen atoms in total. The van der Waals surface area contributed by atoms with E-state index >= 15 is 0 Å². The number of aromatic amines is 2. The Balaban J connectivity index is 1.96. The second-order valence-corrected chi connectivity index (χ2v) is 7.25. The quantitative estimate of drug-likeness (QED) is 0.390. The van der Waals surface area contributed by atoms with Crippen molar-refractivity contribution in [3.63, 3.8) is 0 Å². The highest BCUT2D eigenvalue weighted by molar-refractivity contribution is 9.10. The standard InChI is InChI=1S/C19H12BrClFN3O5/c20-11-5-7-16(30-9-12-13(21)2-1-3-14(12)22)10(8-11)4-6-15-17(25(28)29)18(26)24-19(27)23-15/h1-8H,9H2,(H2,23,24,26,27)/b6-4-. The molecule has 0 radical (unpaired) electrons. The molecule has 0 amide bonds. The number of ether oxygens (including phenoxy) is 1. The van der Waals surface area contributed by atoms with Crippen LogP contribution < -0.4 is 16.0 Å². The first kappa shape index (κ1) is 21.5. The molecule has 0 saturated heterocycles. The number of H-pyrrole nitrogens is 2. The van der Waals surface area contributed by atoms with Crippen LogP contribution in [0, 0.1) is 15.9 Å². The zero-order chi connectivity index (χ0) is 21.8. The van der Waals surface area contributed by atoms with Crippen LogP contribution in [0.2, 0.25) is 5.02 Å². The van der Waals surface area contributed by atoms with Crippen LogP contribution in [0.15, 0.2) is 50.5 Å². The molecule has 0 fully saturated rings. The van der Waals surface area contributed by atoms with Gasteiger partial charge in [0, 0.05) is 15.6 Å². The van der Waals surface area contributed by atoms with Crippen LogP contribution >= 0.6 is 27.5 Å². The molecule has 0 aliphatic heterocycles. The molecular formula is C19H12BrClFN3O5. The molecule has 3 aromatic rings. The average Bonchev–Trinajstić information content (AvgIpc) is 2.66. The predicted octanol–water partition coefficient (Wildman–Crippen LogP) is 4.28. The fourth-order valence-corrected chi connectivity index (χ4v) is 3.17. The molecule has 1 aromatic heterocycles. The molecule has 2 N–H and O–H groups in total. The largest absolute Gasteiger partial charge is 0.488 e. The Morgan fingerprint density at radius 3 is 2.67 bits per heavy atom. The van der Waals surface area contributed by atoms with Crippen LogP contribution in [0.4, 0.5) is 10.1 Å². The highest BCUT2D eigenvalue weighted by Crippen LogP contribution is 2.28. The van der Waals surface area contributed by atoms with Gasteiger partial charge in [-0.15, -0.1) is 0 Å². The predicted molar refractivity (Wildman–Crippen MR) is 113 cm³/mol.